The average molecular weight is 503 g/mol. The zero-order valence-electron chi connectivity index (χ0n) is 17.7. The van der Waals surface area contributed by atoms with Crippen LogP contribution in [0.1, 0.15) is 22.3 Å². The number of hydrogen-bond donors (Lipinski definition) is 0. The summed E-state index contributed by atoms with van der Waals surface area (Å²) in [6.07, 6.45) is 1.55. The largest absolute Gasteiger partial charge is 0.493 e. The summed E-state index contributed by atoms with van der Waals surface area (Å²) >= 11 is 18.6. The highest BCUT2D eigenvalue weighted by Gasteiger charge is 2.26. The number of rotatable bonds is 6. The molecule has 0 spiro atoms. The van der Waals surface area contributed by atoms with Crippen molar-refractivity contribution in [3.63, 3.8) is 0 Å². The molecular weight excluding hydrogens is 485 g/mol. The number of hydrogen-bond acceptors (Lipinski definition) is 5. The van der Waals surface area contributed by atoms with Gasteiger partial charge in [0.25, 0.3) is 0 Å². The molecule has 0 unspecified atom stereocenters. The summed E-state index contributed by atoms with van der Waals surface area (Å²) in [5.41, 5.74) is 3.32. The number of aliphatic imine (C=N–C) groups is 1. The smallest absolute Gasteiger partial charge is 0.363 e. The first-order valence-electron chi connectivity index (χ1n) is 9.88. The minimum atomic E-state index is -0.606. The van der Waals surface area contributed by atoms with Crippen LogP contribution in [0.4, 0.5) is 0 Å². The third kappa shape index (κ3) is 5.17. The Kier molecular flexibility index (Phi) is 6.94. The van der Waals surface area contributed by atoms with Crippen molar-refractivity contribution in [2.24, 2.45) is 4.99 Å². The molecule has 3 aromatic carbocycles. The van der Waals surface area contributed by atoms with E-state index in [9.17, 15) is 4.79 Å². The number of aryl methyl sites for hydroxylation is 1. The van der Waals surface area contributed by atoms with E-state index in [4.69, 9.17) is 49.0 Å². The number of nitrogens with zero attached hydrogens (tertiary/aromatic N) is 1. The highest BCUT2D eigenvalue weighted by Crippen LogP contribution is 2.38. The monoisotopic (exact) mass is 501 g/mol. The minimum Gasteiger partial charge on any atom is -0.493 e. The number of cyclic esters (lactones) is 1. The van der Waals surface area contributed by atoms with Gasteiger partial charge in [-0.1, -0.05) is 59.1 Å². The zero-order chi connectivity index (χ0) is 23.5. The molecule has 0 radical (unpaired) electrons. The standard InChI is InChI=1S/C25H18Cl3NO4/c1-14-5-3-4-6-16(14)13-32-23-20(28)9-15(11-22(23)31-2)10-21-25(30)33-24(29-21)18-8-7-17(26)12-19(18)27/h3-12H,13H2,1-2H3/b21-10-. The molecule has 0 amide bonds. The second-order valence-corrected chi connectivity index (χ2v) is 8.46. The Balaban J connectivity index is 1.61. The van der Waals surface area contributed by atoms with Gasteiger partial charge >= 0.3 is 5.97 Å². The molecule has 0 saturated heterocycles. The summed E-state index contributed by atoms with van der Waals surface area (Å²) in [6, 6.07) is 16.1. The molecule has 0 bridgehead atoms. The molecule has 0 aliphatic carbocycles. The molecule has 1 aliphatic rings. The van der Waals surface area contributed by atoms with Crippen molar-refractivity contribution in [1.82, 2.24) is 0 Å². The molecule has 8 heteroatoms. The van der Waals surface area contributed by atoms with Crippen molar-refractivity contribution in [1.29, 1.82) is 0 Å². The van der Waals surface area contributed by atoms with Crippen LogP contribution in [-0.4, -0.2) is 19.0 Å². The van der Waals surface area contributed by atoms with Crippen LogP contribution in [0, 0.1) is 6.92 Å². The second-order valence-electron chi connectivity index (χ2n) is 7.21. The van der Waals surface area contributed by atoms with Crippen LogP contribution in [0.15, 0.2) is 65.3 Å². The van der Waals surface area contributed by atoms with Crippen molar-refractivity contribution in [3.8, 4) is 11.5 Å². The molecule has 0 atom stereocenters. The lowest BCUT2D eigenvalue weighted by Gasteiger charge is -2.14. The maximum atomic E-state index is 12.4. The zero-order valence-corrected chi connectivity index (χ0v) is 20.0. The van der Waals surface area contributed by atoms with Gasteiger partial charge in [-0.25, -0.2) is 9.79 Å². The molecule has 0 saturated carbocycles. The van der Waals surface area contributed by atoms with E-state index in [0.29, 0.717) is 44.3 Å². The van der Waals surface area contributed by atoms with Gasteiger partial charge in [-0.2, -0.15) is 0 Å². The summed E-state index contributed by atoms with van der Waals surface area (Å²) < 4.78 is 16.7. The fraction of sp³-hybridized carbons (Fsp3) is 0.120. The van der Waals surface area contributed by atoms with Crippen LogP contribution in [0.25, 0.3) is 6.08 Å². The topological polar surface area (TPSA) is 57.1 Å². The van der Waals surface area contributed by atoms with Crippen LogP contribution >= 0.6 is 34.8 Å². The lowest BCUT2D eigenvalue weighted by Crippen LogP contribution is -2.06. The average Bonchev–Trinajstić information content (AvgIpc) is 3.13. The third-order valence-corrected chi connectivity index (χ3v) is 5.80. The van der Waals surface area contributed by atoms with E-state index in [-0.39, 0.29) is 11.6 Å². The number of carbonyl (C=O) groups excluding carboxylic acids is 1. The first-order valence-corrected chi connectivity index (χ1v) is 11.0. The van der Waals surface area contributed by atoms with Crippen LogP contribution in [0.2, 0.25) is 15.1 Å². The first kappa shape index (κ1) is 23.2. The molecule has 33 heavy (non-hydrogen) atoms. The lowest BCUT2D eigenvalue weighted by atomic mass is 10.1. The van der Waals surface area contributed by atoms with E-state index in [1.54, 1.807) is 36.4 Å². The Morgan fingerprint density at radius 3 is 2.55 bits per heavy atom. The fourth-order valence-electron chi connectivity index (χ4n) is 3.23. The van der Waals surface area contributed by atoms with Crippen molar-refractivity contribution in [2.75, 3.05) is 7.11 Å². The Morgan fingerprint density at radius 2 is 1.82 bits per heavy atom. The van der Waals surface area contributed by atoms with Gasteiger partial charge in [-0.3, -0.25) is 0 Å². The van der Waals surface area contributed by atoms with E-state index in [0.717, 1.165) is 11.1 Å². The number of ether oxygens (including phenoxy) is 3. The molecule has 0 aromatic heterocycles. The van der Waals surface area contributed by atoms with Crippen LogP contribution in [-0.2, 0) is 16.1 Å². The number of carbonyl (C=O) groups is 1. The van der Waals surface area contributed by atoms with Crippen molar-refractivity contribution in [3.05, 3.63) is 97.6 Å². The number of halogens is 3. The summed E-state index contributed by atoms with van der Waals surface area (Å²) in [5.74, 6) is 0.338. The molecule has 0 fully saturated rings. The molecule has 0 N–H and O–H groups in total. The Labute approximate surface area is 206 Å². The molecular formula is C25H18Cl3NO4. The van der Waals surface area contributed by atoms with E-state index in [1.165, 1.54) is 7.11 Å². The highest BCUT2D eigenvalue weighted by molar-refractivity contribution is 6.37. The van der Waals surface area contributed by atoms with Gasteiger partial charge in [0.05, 0.1) is 22.7 Å². The SMILES string of the molecule is COc1cc(/C=C2\N=C(c3ccc(Cl)cc3Cl)OC2=O)cc(Cl)c1OCc1ccccc1C. The normalized spacial score (nSPS) is 14.3. The van der Waals surface area contributed by atoms with Gasteiger partial charge in [-0.15, -0.1) is 0 Å². The van der Waals surface area contributed by atoms with Crippen molar-refractivity contribution >= 4 is 52.7 Å². The van der Waals surface area contributed by atoms with Gasteiger partial charge < -0.3 is 14.2 Å². The molecule has 168 valence electrons. The Bertz CT molecular complexity index is 1300. The fourth-order valence-corrected chi connectivity index (χ4v) is 3.99. The predicted molar refractivity (Wildman–Crippen MR) is 131 cm³/mol. The van der Waals surface area contributed by atoms with Gasteiger partial charge in [0.2, 0.25) is 5.90 Å². The van der Waals surface area contributed by atoms with Crippen molar-refractivity contribution in [2.45, 2.75) is 13.5 Å². The maximum absolute atomic E-state index is 12.4. The van der Waals surface area contributed by atoms with E-state index < -0.39 is 5.97 Å². The predicted octanol–water partition coefficient (Wildman–Crippen LogP) is 6.89. The van der Waals surface area contributed by atoms with E-state index >= 15 is 0 Å². The summed E-state index contributed by atoms with van der Waals surface area (Å²) in [7, 11) is 1.52. The maximum Gasteiger partial charge on any atom is 0.363 e. The third-order valence-electron chi connectivity index (χ3n) is 4.97. The molecule has 3 aromatic rings. The second kappa shape index (κ2) is 9.87. The van der Waals surface area contributed by atoms with E-state index in [1.807, 2.05) is 31.2 Å². The summed E-state index contributed by atoms with van der Waals surface area (Å²) in [4.78, 5) is 16.7. The summed E-state index contributed by atoms with van der Waals surface area (Å²) in [6.45, 7) is 2.35. The summed E-state index contributed by atoms with van der Waals surface area (Å²) in [5, 5.41) is 1.14. The Hall–Kier alpha value is -2.99. The van der Waals surface area contributed by atoms with Crippen LogP contribution in [0.5, 0.6) is 11.5 Å². The first-order chi connectivity index (χ1) is 15.9. The van der Waals surface area contributed by atoms with Gasteiger partial charge in [0, 0.05) is 5.02 Å². The molecule has 4 rings (SSSR count). The Morgan fingerprint density at radius 1 is 1.03 bits per heavy atom. The van der Waals surface area contributed by atoms with Gasteiger partial charge in [-0.05, 0) is 60.0 Å². The van der Waals surface area contributed by atoms with Crippen LogP contribution in [0.3, 0.4) is 0 Å². The minimum absolute atomic E-state index is 0.0997. The highest BCUT2D eigenvalue weighted by atomic mass is 35.5. The van der Waals surface area contributed by atoms with Crippen molar-refractivity contribution < 1.29 is 19.0 Å². The molecule has 1 aliphatic heterocycles. The number of benzene rings is 3. The molecule has 1 heterocycles. The van der Waals surface area contributed by atoms with Gasteiger partial charge in [0.1, 0.15) is 6.61 Å². The van der Waals surface area contributed by atoms with E-state index in [2.05, 4.69) is 4.99 Å². The number of esters is 1. The molecule has 5 nitrogen and oxygen atoms in total. The quantitative estimate of drug-likeness (QED) is 0.272. The van der Waals surface area contributed by atoms with Gasteiger partial charge in [0.15, 0.2) is 17.2 Å². The number of methoxy groups -OCH3 is 1. The van der Waals surface area contributed by atoms with Crippen LogP contribution < -0.4 is 9.47 Å². The lowest BCUT2D eigenvalue weighted by molar-refractivity contribution is -0.129.